The first-order valence-electron chi connectivity index (χ1n) is 6.66. The summed E-state index contributed by atoms with van der Waals surface area (Å²) in [7, 11) is -3.40. The lowest BCUT2D eigenvalue weighted by atomic mass is 9.87. The Balaban J connectivity index is 1.81. The summed E-state index contributed by atoms with van der Waals surface area (Å²) in [6.07, 6.45) is 4.90. The predicted octanol–water partition coefficient (Wildman–Crippen LogP) is 0.704. The summed E-state index contributed by atoms with van der Waals surface area (Å²) in [5.74, 6) is 0. The zero-order valence-electron chi connectivity index (χ0n) is 11.1. The van der Waals surface area contributed by atoms with Crippen LogP contribution in [0.3, 0.4) is 0 Å². The summed E-state index contributed by atoms with van der Waals surface area (Å²) in [6, 6.07) is 0. The van der Waals surface area contributed by atoms with Crippen LogP contribution in [0.5, 0.6) is 0 Å². The van der Waals surface area contributed by atoms with Crippen molar-refractivity contribution in [3.63, 3.8) is 0 Å². The molecule has 7 heteroatoms. The molecule has 1 aromatic heterocycles. The van der Waals surface area contributed by atoms with Gasteiger partial charge in [-0.25, -0.2) is 8.42 Å². The fraction of sp³-hybridized carbons (Fsp3) is 0.750. The minimum atomic E-state index is -3.40. The highest BCUT2D eigenvalue weighted by Crippen LogP contribution is 2.40. The van der Waals surface area contributed by atoms with Gasteiger partial charge in [0.2, 0.25) is 10.0 Å². The van der Waals surface area contributed by atoms with E-state index in [4.69, 9.17) is 4.74 Å². The van der Waals surface area contributed by atoms with Crippen molar-refractivity contribution >= 4 is 10.0 Å². The molecule has 1 aromatic rings. The van der Waals surface area contributed by atoms with Gasteiger partial charge in [0.15, 0.2) is 0 Å². The summed E-state index contributed by atoms with van der Waals surface area (Å²) in [6.45, 7) is 5.21. The maximum absolute atomic E-state index is 12.5. The Morgan fingerprint density at radius 2 is 2.32 bits per heavy atom. The van der Waals surface area contributed by atoms with Crippen LogP contribution in [-0.4, -0.2) is 48.8 Å². The van der Waals surface area contributed by atoms with Gasteiger partial charge in [0.05, 0.1) is 12.8 Å². The largest absolute Gasteiger partial charge is 0.381 e. The van der Waals surface area contributed by atoms with Gasteiger partial charge >= 0.3 is 0 Å². The maximum Gasteiger partial charge on any atom is 0.246 e. The van der Waals surface area contributed by atoms with E-state index in [1.165, 1.54) is 6.20 Å². The van der Waals surface area contributed by atoms with Gasteiger partial charge in [-0.2, -0.15) is 9.40 Å². The zero-order chi connectivity index (χ0) is 13.5. The number of aryl methyl sites for hydroxylation is 1. The highest BCUT2D eigenvalue weighted by Gasteiger charge is 2.45. The van der Waals surface area contributed by atoms with E-state index in [9.17, 15) is 8.42 Å². The summed E-state index contributed by atoms with van der Waals surface area (Å²) < 4.78 is 33.7. The van der Waals surface area contributed by atoms with E-state index in [-0.39, 0.29) is 5.41 Å². The second kappa shape index (κ2) is 4.57. The molecule has 2 fully saturated rings. The third kappa shape index (κ3) is 2.19. The minimum absolute atomic E-state index is 0.0494. The van der Waals surface area contributed by atoms with E-state index in [0.717, 1.165) is 19.4 Å². The summed E-state index contributed by atoms with van der Waals surface area (Å²) in [4.78, 5) is 0.297. The highest BCUT2D eigenvalue weighted by molar-refractivity contribution is 7.89. The zero-order valence-corrected chi connectivity index (χ0v) is 11.9. The SMILES string of the molecule is CCn1cc(S(=O)(=O)N2CCC3(CCOC3)C2)cn1. The van der Waals surface area contributed by atoms with Crippen LogP contribution < -0.4 is 0 Å². The molecule has 2 aliphatic heterocycles. The van der Waals surface area contributed by atoms with E-state index in [1.807, 2.05) is 6.92 Å². The molecule has 2 aliphatic rings. The first kappa shape index (κ1) is 13.1. The molecule has 0 aliphatic carbocycles. The van der Waals surface area contributed by atoms with Crippen molar-refractivity contribution in [2.75, 3.05) is 26.3 Å². The lowest BCUT2D eigenvalue weighted by Gasteiger charge is -2.21. The van der Waals surface area contributed by atoms with Crippen molar-refractivity contribution in [3.8, 4) is 0 Å². The third-order valence-corrected chi connectivity index (χ3v) is 5.96. The van der Waals surface area contributed by atoms with Gasteiger partial charge in [-0.1, -0.05) is 0 Å². The van der Waals surface area contributed by atoms with Crippen molar-refractivity contribution in [3.05, 3.63) is 12.4 Å². The van der Waals surface area contributed by atoms with Gasteiger partial charge in [-0.3, -0.25) is 4.68 Å². The Labute approximate surface area is 113 Å². The Hall–Kier alpha value is -0.920. The average molecular weight is 285 g/mol. The molecule has 1 atom stereocenters. The van der Waals surface area contributed by atoms with Crippen LogP contribution in [-0.2, 0) is 21.3 Å². The molecular weight excluding hydrogens is 266 g/mol. The van der Waals surface area contributed by atoms with E-state index in [0.29, 0.717) is 31.1 Å². The van der Waals surface area contributed by atoms with E-state index >= 15 is 0 Å². The van der Waals surface area contributed by atoms with Crippen molar-refractivity contribution in [1.29, 1.82) is 0 Å². The predicted molar refractivity (Wildman–Crippen MR) is 69.1 cm³/mol. The van der Waals surface area contributed by atoms with Crippen molar-refractivity contribution in [2.45, 2.75) is 31.2 Å². The maximum atomic E-state index is 12.5. The van der Waals surface area contributed by atoms with Crippen LogP contribution in [0.15, 0.2) is 17.3 Å². The minimum Gasteiger partial charge on any atom is -0.381 e. The molecule has 1 unspecified atom stereocenters. The molecule has 19 heavy (non-hydrogen) atoms. The number of ether oxygens (including phenoxy) is 1. The summed E-state index contributed by atoms with van der Waals surface area (Å²) in [5.41, 5.74) is 0.0494. The van der Waals surface area contributed by atoms with Crippen LogP contribution in [0.25, 0.3) is 0 Å². The molecule has 0 aromatic carbocycles. The number of nitrogens with zero attached hydrogens (tertiary/aromatic N) is 3. The average Bonchev–Trinajstić information content (AvgIpc) is 3.12. The molecule has 0 saturated carbocycles. The van der Waals surface area contributed by atoms with Gasteiger partial charge in [0.25, 0.3) is 0 Å². The smallest absolute Gasteiger partial charge is 0.246 e. The lowest BCUT2D eigenvalue weighted by molar-refractivity contribution is 0.157. The van der Waals surface area contributed by atoms with Crippen molar-refractivity contribution in [2.24, 2.45) is 5.41 Å². The normalized spacial score (nSPS) is 28.5. The molecule has 0 N–H and O–H groups in total. The first-order valence-corrected chi connectivity index (χ1v) is 8.10. The van der Waals surface area contributed by atoms with Crippen molar-refractivity contribution < 1.29 is 13.2 Å². The quantitative estimate of drug-likeness (QED) is 0.820. The van der Waals surface area contributed by atoms with Gasteiger partial charge in [-0.15, -0.1) is 0 Å². The van der Waals surface area contributed by atoms with E-state index < -0.39 is 10.0 Å². The van der Waals surface area contributed by atoms with E-state index in [1.54, 1.807) is 15.2 Å². The first-order chi connectivity index (χ1) is 9.06. The fourth-order valence-corrected chi connectivity index (χ4v) is 4.38. The Morgan fingerprint density at radius 3 is 2.95 bits per heavy atom. The van der Waals surface area contributed by atoms with Crippen LogP contribution in [0.2, 0.25) is 0 Å². The Bertz CT molecular complexity index is 561. The Morgan fingerprint density at radius 1 is 1.47 bits per heavy atom. The molecule has 0 bridgehead atoms. The standard InChI is InChI=1S/C12H19N3O3S/c1-2-14-8-11(7-13-14)19(16,17)15-5-3-12(9-15)4-6-18-10-12/h7-8H,2-6,9-10H2,1H3. The third-order valence-electron chi connectivity index (χ3n) is 4.16. The van der Waals surface area contributed by atoms with Gasteiger partial charge in [0, 0.05) is 37.9 Å². The van der Waals surface area contributed by atoms with Crippen LogP contribution in [0.4, 0.5) is 0 Å². The molecule has 6 nitrogen and oxygen atoms in total. The highest BCUT2D eigenvalue weighted by atomic mass is 32.2. The molecule has 0 amide bonds. The van der Waals surface area contributed by atoms with Gasteiger partial charge in [0.1, 0.15) is 4.90 Å². The van der Waals surface area contributed by atoms with Crippen LogP contribution >= 0.6 is 0 Å². The number of rotatable bonds is 3. The monoisotopic (exact) mass is 285 g/mol. The second-order valence-corrected chi connectivity index (χ2v) is 7.36. The second-order valence-electron chi connectivity index (χ2n) is 5.42. The number of sulfonamides is 1. The molecule has 2 saturated heterocycles. The van der Waals surface area contributed by atoms with Crippen molar-refractivity contribution in [1.82, 2.24) is 14.1 Å². The molecular formula is C12H19N3O3S. The van der Waals surface area contributed by atoms with Gasteiger partial charge in [-0.05, 0) is 19.8 Å². The molecule has 0 radical (unpaired) electrons. The number of hydrogen-bond acceptors (Lipinski definition) is 4. The van der Waals surface area contributed by atoms with E-state index in [2.05, 4.69) is 5.10 Å². The van der Waals surface area contributed by atoms with Gasteiger partial charge < -0.3 is 4.74 Å². The molecule has 3 rings (SSSR count). The molecule has 106 valence electrons. The lowest BCUT2D eigenvalue weighted by Crippen LogP contribution is -2.32. The van der Waals surface area contributed by atoms with Crippen LogP contribution in [0.1, 0.15) is 19.8 Å². The van der Waals surface area contributed by atoms with Crippen LogP contribution in [0, 0.1) is 5.41 Å². The molecule has 1 spiro atoms. The fourth-order valence-electron chi connectivity index (χ4n) is 2.87. The topological polar surface area (TPSA) is 64.4 Å². The summed E-state index contributed by atoms with van der Waals surface area (Å²) >= 11 is 0. The number of hydrogen-bond donors (Lipinski definition) is 0. The summed E-state index contributed by atoms with van der Waals surface area (Å²) in [5, 5.41) is 4.05. The Kier molecular flexibility index (Phi) is 3.15. The number of aromatic nitrogens is 2. The molecule has 3 heterocycles.